The molecule has 1 atom stereocenters. The summed E-state index contributed by atoms with van der Waals surface area (Å²) in [4.78, 5) is 36.1. The van der Waals surface area contributed by atoms with Gasteiger partial charge in [-0.3, -0.25) is 14.6 Å². The minimum atomic E-state index is -0.634. The molecule has 0 saturated carbocycles. The number of nitrogens with zero attached hydrogens (tertiary/aromatic N) is 5. The van der Waals surface area contributed by atoms with Crippen molar-refractivity contribution >= 4 is 5.91 Å². The summed E-state index contributed by atoms with van der Waals surface area (Å²) in [5.41, 5.74) is 4.30. The topological polar surface area (TPSA) is 106 Å². The molecule has 0 bridgehead atoms. The van der Waals surface area contributed by atoms with Crippen molar-refractivity contribution in [2.24, 2.45) is 0 Å². The van der Waals surface area contributed by atoms with Crippen LogP contribution < -0.4 is 10.9 Å². The van der Waals surface area contributed by atoms with Crippen LogP contribution in [0.25, 0.3) is 34.0 Å². The molecule has 9 nitrogen and oxygen atoms in total. The molecule has 0 aliphatic rings. The van der Waals surface area contributed by atoms with Crippen molar-refractivity contribution in [2.45, 2.75) is 33.4 Å². The van der Waals surface area contributed by atoms with Gasteiger partial charge in [0.05, 0.1) is 18.1 Å². The van der Waals surface area contributed by atoms with Crippen LogP contribution in [0.1, 0.15) is 32.4 Å². The maximum absolute atomic E-state index is 12.8. The fourth-order valence-corrected chi connectivity index (χ4v) is 4.03. The largest absolute Gasteiger partial charge is 0.354 e. The van der Waals surface area contributed by atoms with Crippen LogP contribution >= 0.6 is 0 Å². The second-order valence-electron chi connectivity index (χ2n) is 8.44. The standard InChI is InChI=1S/C27H30N6O3/c1-5-32(6-2)27(35)18(3)33-17-21(11-12-26(33)34)23-15-29-16-24(30-23)25-13-22(31-36-25)20-9-7-19(8-10-20)14-28-4/h7-13,15-18,28H,5-6,14H2,1-4H3. The zero-order valence-electron chi connectivity index (χ0n) is 20.9. The second-order valence-corrected chi connectivity index (χ2v) is 8.44. The Bertz CT molecular complexity index is 1390. The van der Waals surface area contributed by atoms with Crippen LogP contribution in [-0.4, -0.2) is 50.6 Å². The number of carbonyl (C=O) groups is 1. The number of likely N-dealkylation sites (N-methyl/N-ethyl adjacent to an activating group) is 1. The predicted octanol–water partition coefficient (Wildman–Crippen LogP) is 3.78. The highest BCUT2D eigenvalue weighted by molar-refractivity contribution is 5.80. The van der Waals surface area contributed by atoms with E-state index in [0.29, 0.717) is 41.5 Å². The number of aromatic nitrogens is 4. The van der Waals surface area contributed by atoms with Gasteiger partial charge in [0.2, 0.25) is 5.91 Å². The average Bonchev–Trinajstić information content (AvgIpc) is 3.40. The van der Waals surface area contributed by atoms with Crippen molar-refractivity contribution in [3.63, 3.8) is 0 Å². The Kier molecular flexibility index (Phi) is 7.70. The second kappa shape index (κ2) is 11.1. The van der Waals surface area contributed by atoms with Gasteiger partial charge in [0.15, 0.2) is 5.76 Å². The molecule has 0 radical (unpaired) electrons. The molecule has 9 heteroatoms. The number of hydrogen-bond donors (Lipinski definition) is 1. The van der Waals surface area contributed by atoms with Gasteiger partial charge in [-0.25, -0.2) is 4.98 Å². The van der Waals surface area contributed by atoms with Gasteiger partial charge in [0.1, 0.15) is 17.4 Å². The van der Waals surface area contributed by atoms with Crippen molar-refractivity contribution < 1.29 is 9.32 Å². The minimum absolute atomic E-state index is 0.104. The lowest BCUT2D eigenvalue weighted by atomic mass is 10.1. The van der Waals surface area contributed by atoms with Crippen molar-refractivity contribution in [1.29, 1.82) is 0 Å². The molecule has 4 rings (SSSR count). The molecule has 0 fully saturated rings. The summed E-state index contributed by atoms with van der Waals surface area (Å²) in [5.74, 6) is 0.379. The Morgan fingerprint density at radius 3 is 2.42 bits per heavy atom. The van der Waals surface area contributed by atoms with E-state index in [-0.39, 0.29) is 11.5 Å². The van der Waals surface area contributed by atoms with Crippen molar-refractivity contribution in [2.75, 3.05) is 20.1 Å². The summed E-state index contributed by atoms with van der Waals surface area (Å²) in [6.45, 7) is 7.53. The highest BCUT2D eigenvalue weighted by Crippen LogP contribution is 2.26. The molecule has 3 heterocycles. The Morgan fingerprint density at radius 1 is 1.03 bits per heavy atom. The van der Waals surface area contributed by atoms with Crippen LogP contribution in [0, 0.1) is 0 Å². The SMILES string of the molecule is CCN(CC)C(=O)C(C)n1cc(-c2cncc(-c3cc(-c4ccc(CNC)cc4)no3)n2)ccc1=O. The molecule has 0 spiro atoms. The number of hydrogen-bond acceptors (Lipinski definition) is 7. The van der Waals surface area contributed by atoms with Crippen LogP contribution in [0.4, 0.5) is 0 Å². The van der Waals surface area contributed by atoms with E-state index in [4.69, 9.17) is 4.52 Å². The monoisotopic (exact) mass is 486 g/mol. The molecule has 0 aliphatic carbocycles. The van der Waals surface area contributed by atoms with Crippen LogP contribution in [0.2, 0.25) is 0 Å². The summed E-state index contributed by atoms with van der Waals surface area (Å²) in [5, 5.41) is 7.32. The first kappa shape index (κ1) is 25.0. The molecule has 3 aromatic heterocycles. The van der Waals surface area contributed by atoms with Crippen molar-refractivity contribution in [1.82, 2.24) is 29.9 Å². The highest BCUT2D eigenvalue weighted by Gasteiger charge is 2.21. The maximum atomic E-state index is 12.8. The lowest BCUT2D eigenvalue weighted by Crippen LogP contribution is -2.38. The first-order valence-electron chi connectivity index (χ1n) is 12.0. The van der Waals surface area contributed by atoms with Gasteiger partial charge >= 0.3 is 0 Å². The van der Waals surface area contributed by atoms with E-state index >= 15 is 0 Å². The number of carbonyl (C=O) groups excluding carboxylic acids is 1. The third-order valence-electron chi connectivity index (χ3n) is 6.11. The normalized spacial score (nSPS) is 11.9. The first-order valence-corrected chi connectivity index (χ1v) is 12.0. The third kappa shape index (κ3) is 5.26. The summed E-state index contributed by atoms with van der Waals surface area (Å²) in [7, 11) is 1.91. The van der Waals surface area contributed by atoms with Crippen LogP contribution in [-0.2, 0) is 11.3 Å². The minimum Gasteiger partial charge on any atom is -0.354 e. The molecule has 0 aliphatic heterocycles. The van der Waals surface area contributed by atoms with Crippen LogP contribution in [0.5, 0.6) is 0 Å². The van der Waals surface area contributed by atoms with Crippen molar-refractivity contribution in [3.05, 3.63) is 77.0 Å². The number of nitrogens with one attached hydrogen (secondary N) is 1. The Labute approximate surface area is 209 Å². The molecule has 1 aromatic carbocycles. The highest BCUT2D eigenvalue weighted by atomic mass is 16.5. The smallest absolute Gasteiger partial charge is 0.251 e. The Balaban J connectivity index is 1.61. The van der Waals surface area contributed by atoms with Crippen molar-refractivity contribution in [3.8, 4) is 34.0 Å². The first-order chi connectivity index (χ1) is 17.4. The zero-order chi connectivity index (χ0) is 25.7. The van der Waals surface area contributed by atoms with E-state index in [1.807, 2.05) is 51.2 Å². The van der Waals surface area contributed by atoms with Gasteiger partial charge in [-0.05, 0) is 39.4 Å². The Morgan fingerprint density at radius 2 is 1.72 bits per heavy atom. The van der Waals surface area contributed by atoms with E-state index in [0.717, 1.165) is 12.1 Å². The predicted molar refractivity (Wildman–Crippen MR) is 138 cm³/mol. The molecule has 1 unspecified atom stereocenters. The van der Waals surface area contributed by atoms with Crippen LogP contribution in [0.15, 0.2) is 70.4 Å². The van der Waals surface area contributed by atoms with E-state index in [1.54, 1.807) is 36.5 Å². The quantitative estimate of drug-likeness (QED) is 0.384. The number of benzene rings is 1. The molecular formula is C27H30N6O3. The molecule has 186 valence electrons. The van der Waals surface area contributed by atoms with Gasteiger partial charge in [0, 0.05) is 49.1 Å². The molecule has 1 amide bonds. The summed E-state index contributed by atoms with van der Waals surface area (Å²) >= 11 is 0. The van der Waals surface area contributed by atoms with Gasteiger partial charge < -0.3 is 19.3 Å². The van der Waals surface area contributed by atoms with E-state index in [2.05, 4.69) is 20.4 Å². The number of amides is 1. The van der Waals surface area contributed by atoms with E-state index in [9.17, 15) is 9.59 Å². The number of pyridine rings is 1. The fraction of sp³-hybridized carbons (Fsp3) is 0.296. The molecule has 4 aromatic rings. The van der Waals surface area contributed by atoms with Gasteiger partial charge in [-0.1, -0.05) is 29.4 Å². The van der Waals surface area contributed by atoms with Crippen LogP contribution in [0.3, 0.4) is 0 Å². The number of rotatable bonds is 9. The van der Waals surface area contributed by atoms with Gasteiger partial charge in [0.25, 0.3) is 5.56 Å². The molecule has 1 N–H and O–H groups in total. The summed E-state index contributed by atoms with van der Waals surface area (Å²) in [6.07, 6.45) is 4.87. The summed E-state index contributed by atoms with van der Waals surface area (Å²) < 4.78 is 7.01. The average molecular weight is 487 g/mol. The van der Waals surface area contributed by atoms with Gasteiger partial charge in [-0.15, -0.1) is 0 Å². The molecule has 0 saturated heterocycles. The van der Waals surface area contributed by atoms with Gasteiger partial charge in [-0.2, -0.15) is 0 Å². The zero-order valence-corrected chi connectivity index (χ0v) is 20.9. The molecule has 36 heavy (non-hydrogen) atoms. The maximum Gasteiger partial charge on any atom is 0.251 e. The lowest BCUT2D eigenvalue weighted by Gasteiger charge is -2.24. The molecular weight excluding hydrogens is 456 g/mol. The fourth-order valence-electron chi connectivity index (χ4n) is 4.03. The Hall–Kier alpha value is -4.11. The summed E-state index contributed by atoms with van der Waals surface area (Å²) in [6, 6.07) is 12.4. The third-order valence-corrected chi connectivity index (χ3v) is 6.11. The lowest BCUT2D eigenvalue weighted by molar-refractivity contribution is -0.133. The van der Waals surface area contributed by atoms with E-state index in [1.165, 1.54) is 16.2 Å². The van der Waals surface area contributed by atoms with E-state index < -0.39 is 6.04 Å².